The van der Waals surface area contributed by atoms with Crippen LogP contribution in [0.3, 0.4) is 0 Å². The van der Waals surface area contributed by atoms with Gasteiger partial charge in [-0.1, -0.05) is 41.6 Å². The lowest BCUT2D eigenvalue weighted by Crippen LogP contribution is -2.39. The van der Waals surface area contributed by atoms with E-state index in [1.165, 1.54) is 0 Å². The van der Waals surface area contributed by atoms with Crippen LogP contribution in [0.2, 0.25) is 5.02 Å². The standard InChI is InChI=1S/C19H13ClN2OS2/c20-13-9-7-12(8-10-13)18(23)22-19-17(16-6-3-11-24-16)21-14-4-1-2-5-15(14)25-19/h1-11,19H,(H,22,23)/t19-/m0/s1. The van der Waals surface area contributed by atoms with Crippen molar-refractivity contribution < 1.29 is 4.79 Å². The van der Waals surface area contributed by atoms with Gasteiger partial charge in [0.15, 0.2) is 0 Å². The van der Waals surface area contributed by atoms with E-state index in [1.54, 1.807) is 47.4 Å². The number of aliphatic imine (C=N–C) groups is 1. The van der Waals surface area contributed by atoms with Crippen molar-refractivity contribution in [2.45, 2.75) is 10.3 Å². The van der Waals surface area contributed by atoms with E-state index in [2.05, 4.69) is 5.32 Å². The number of para-hydroxylation sites is 1. The first-order chi connectivity index (χ1) is 12.2. The number of nitrogens with one attached hydrogen (secondary N) is 1. The number of fused-ring (bicyclic) bond motifs is 1. The van der Waals surface area contributed by atoms with E-state index in [0.717, 1.165) is 21.2 Å². The second-order valence-electron chi connectivity index (χ2n) is 5.42. The lowest BCUT2D eigenvalue weighted by Gasteiger charge is -2.24. The molecule has 1 aliphatic rings. The summed E-state index contributed by atoms with van der Waals surface area (Å²) in [5.41, 5.74) is 2.39. The van der Waals surface area contributed by atoms with Crippen LogP contribution in [-0.4, -0.2) is 17.0 Å². The first-order valence-corrected chi connectivity index (χ1v) is 9.79. The van der Waals surface area contributed by atoms with Crippen LogP contribution in [0, 0.1) is 0 Å². The minimum Gasteiger partial charge on any atom is -0.334 e. The molecular formula is C19H13ClN2OS2. The molecule has 0 aliphatic carbocycles. The van der Waals surface area contributed by atoms with Crippen molar-refractivity contribution in [1.82, 2.24) is 5.32 Å². The molecule has 124 valence electrons. The summed E-state index contributed by atoms with van der Waals surface area (Å²) < 4.78 is 0. The molecule has 2 aromatic carbocycles. The van der Waals surface area contributed by atoms with Gasteiger partial charge in [0.1, 0.15) is 5.37 Å². The van der Waals surface area contributed by atoms with Crippen molar-refractivity contribution >= 4 is 52.0 Å². The predicted octanol–water partition coefficient (Wildman–Crippen LogP) is 5.38. The Labute approximate surface area is 158 Å². The largest absolute Gasteiger partial charge is 0.334 e. The highest BCUT2D eigenvalue weighted by Crippen LogP contribution is 2.38. The molecule has 25 heavy (non-hydrogen) atoms. The van der Waals surface area contributed by atoms with Crippen LogP contribution in [0.5, 0.6) is 0 Å². The van der Waals surface area contributed by atoms with Crippen LogP contribution in [0.4, 0.5) is 5.69 Å². The van der Waals surface area contributed by atoms with E-state index < -0.39 is 0 Å². The second kappa shape index (κ2) is 7.04. The van der Waals surface area contributed by atoms with Gasteiger partial charge < -0.3 is 5.32 Å². The van der Waals surface area contributed by atoms with E-state index in [4.69, 9.17) is 16.6 Å². The molecule has 4 rings (SSSR count). The maximum absolute atomic E-state index is 12.6. The van der Waals surface area contributed by atoms with Gasteiger partial charge in [0, 0.05) is 15.5 Å². The molecule has 3 aromatic rings. The van der Waals surface area contributed by atoms with Crippen LogP contribution in [-0.2, 0) is 0 Å². The zero-order chi connectivity index (χ0) is 17.2. The summed E-state index contributed by atoms with van der Waals surface area (Å²) in [6, 6.07) is 18.9. The minimum atomic E-state index is -0.239. The fourth-order valence-corrected chi connectivity index (χ4v) is 4.58. The number of thioether (sulfide) groups is 1. The molecule has 3 nitrogen and oxygen atoms in total. The molecule has 0 spiro atoms. The van der Waals surface area contributed by atoms with Crippen LogP contribution in [0.1, 0.15) is 15.2 Å². The molecular weight excluding hydrogens is 372 g/mol. The number of amides is 1. The molecule has 1 atom stereocenters. The predicted molar refractivity (Wildman–Crippen MR) is 106 cm³/mol. The number of rotatable bonds is 3. The van der Waals surface area contributed by atoms with Gasteiger partial charge >= 0.3 is 0 Å². The van der Waals surface area contributed by atoms with Crippen molar-refractivity contribution in [3.05, 3.63) is 81.5 Å². The molecule has 0 radical (unpaired) electrons. The third kappa shape index (κ3) is 3.49. The monoisotopic (exact) mass is 384 g/mol. The van der Waals surface area contributed by atoms with Crippen molar-refractivity contribution in [1.29, 1.82) is 0 Å². The molecule has 1 aliphatic heterocycles. The average Bonchev–Trinajstić information content (AvgIpc) is 3.16. The summed E-state index contributed by atoms with van der Waals surface area (Å²) in [4.78, 5) is 19.6. The summed E-state index contributed by atoms with van der Waals surface area (Å²) in [6.07, 6.45) is 0. The Hall–Kier alpha value is -2.08. The number of carbonyl (C=O) groups excluding carboxylic acids is 1. The summed E-state index contributed by atoms with van der Waals surface area (Å²) in [5.74, 6) is -0.141. The van der Waals surface area contributed by atoms with Gasteiger partial charge in [-0.3, -0.25) is 4.79 Å². The highest BCUT2D eigenvalue weighted by atomic mass is 35.5. The number of hydrogen-bond acceptors (Lipinski definition) is 4. The van der Waals surface area contributed by atoms with E-state index in [1.807, 2.05) is 41.8 Å². The fourth-order valence-electron chi connectivity index (χ4n) is 2.53. The third-order valence-electron chi connectivity index (χ3n) is 3.74. The van der Waals surface area contributed by atoms with Gasteiger partial charge in [-0.05, 0) is 47.8 Å². The molecule has 0 saturated heterocycles. The smallest absolute Gasteiger partial charge is 0.252 e. The average molecular weight is 385 g/mol. The van der Waals surface area contributed by atoms with Gasteiger partial charge in [-0.25, -0.2) is 4.99 Å². The lowest BCUT2D eigenvalue weighted by atomic mass is 10.2. The lowest BCUT2D eigenvalue weighted by molar-refractivity contribution is 0.0956. The molecule has 6 heteroatoms. The third-order valence-corrected chi connectivity index (χ3v) is 6.06. The molecule has 1 aromatic heterocycles. The number of carbonyl (C=O) groups is 1. The van der Waals surface area contributed by atoms with E-state index in [0.29, 0.717) is 10.6 Å². The molecule has 1 amide bonds. The first kappa shape index (κ1) is 16.4. The van der Waals surface area contributed by atoms with Gasteiger partial charge in [0.05, 0.1) is 16.3 Å². The Balaban J connectivity index is 1.66. The van der Waals surface area contributed by atoms with Crippen molar-refractivity contribution in [3.63, 3.8) is 0 Å². The zero-order valence-electron chi connectivity index (χ0n) is 13.0. The summed E-state index contributed by atoms with van der Waals surface area (Å²) >= 11 is 9.13. The number of thiophene rings is 1. The first-order valence-electron chi connectivity index (χ1n) is 7.65. The van der Waals surface area contributed by atoms with Crippen molar-refractivity contribution in [2.75, 3.05) is 0 Å². The topological polar surface area (TPSA) is 41.5 Å². The maximum Gasteiger partial charge on any atom is 0.252 e. The summed E-state index contributed by atoms with van der Waals surface area (Å²) in [5, 5.41) is 5.48. The molecule has 0 bridgehead atoms. The maximum atomic E-state index is 12.6. The van der Waals surface area contributed by atoms with E-state index in [-0.39, 0.29) is 11.3 Å². The van der Waals surface area contributed by atoms with Crippen LogP contribution in [0.15, 0.2) is 75.9 Å². The van der Waals surface area contributed by atoms with E-state index in [9.17, 15) is 4.79 Å². The molecule has 0 saturated carbocycles. The normalized spacial score (nSPS) is 16.0. The molecule has 0 fully saturated rings. The molecule has 0 unspecified atom stereocenters. The minimum absolute atomic E-state index is 0.141. The highest BCUT2D eigenvalue weighted by Gasteiger charge is 2.27. The number of benzene rings is 2. The van der Waals surface area contributed by atoms with Gasteiger partial charge in [-0.2, -0.15) is 0 Å². The second-order valence-corrected chi connectivity index (χ2v) is 7.95. The van der Waals surface area contributed by atoms with Crippen LogP contribution < -0.4 is 5.32 Å². The Morgan fingerprint density at radius 1 is 1.04 bits per heavy atom. The quantitative estimate of drug-likeness (QED) is 0.658. The number of hydrogen-bond donors (Lipinski definition) is 1. The SMILES string of the molecule is O=C(N[C@H]1Sc2ccccc2N=C1c1cccs1)c1ccc(Cl)cc1. The Bertz CT molecular complexity index is 936. The van der Waals surface area contributed by atoms with Gasteiger partial charge in [-0.15, -0.1) is 11.3 Å². The Morgan fingerprint density at radius 2 is 1.84 bits per heavy atom. The van der Waals surface area contributed by atoms with Gasteiger partial charge in [0.2, 0.25) is 0 Å². The van der Waals surface area contributed by atoms with Crippen LogP contribution >= 0.6 is 34.7 Å². The Kier molecular flexibility index (Phi) is 4.61. The fraction of sp³-hybridized carbons (Fsp3) is 0.0526. The molecule has 2 heterocycles. The van der Waals surface area contributed by atoms with Gasteiger partial charge in [0.25, 0.3) is 5.91 Å². The number of nitrogens with zero attached hydrogens (tertiary/aromatic N) is 1. The number of halogens is 1. The Morgan fingerprint density at radius 3 is 2.60 bits per heavy atom. The molecule has 1 N–H and O–H groups in total. The van der Waals surface area contributed by atoms with Crippen molar-refractivity contribution in [2.24, 2.45) is 4.99 Å². The van der Waals surface area contributed by atoms with E-state index >= 15 is 0 Å². The highest BCUT2D eigenvalue weighted by molar-refractivity contribution is 8.01. The summed E-state index contributed by atoms with van der Waals surface area (Å²) in [6.45, 7) is 0. The van der Waals surface area contributed by atoms with Crippen LogP contribution in [0.25, 0.3) is 0 Å². The summed E-state index contributed by atoms with van der Waals surface area (Å²) in [7, 11) is 0. The zero-order valence-corrected chi connectivity index (χ0v) is 15.4. The van der Waals surface area contributed by atoms with Crippen molar-refractivity contribution in [3.8, 4) is 0 Å².